The molecule has 0 heterocycles. The van der Waals surface area contributed by atoms with Crippen LogP contribution < -0.4 is 10.2 Å². The standard InChI is InChI=1S/C20H23ClN2O2S/c1-20(2,3)25-17-8-5-14(6-9-17)13-22-23-19(24)12-15-11-16(21)7-10-18(15)26-4/h5-11,13H,12H2,1-4H3,(H,23,24)/b22-13-. The van der Waals surface area contributed by atoms with Gasteiger partial charge in [-0.2, -0.15) is 5.10 Å². The second-order valence-electron chi connectivity index (χ2n) is 6.71. The highest BCUT2D eigenvalue weighted by atomic mass is 35.5. The van der Waals surface area contributed by atoms with E-state index >= 15 is 0 Å². The second-order valence-corrected chi connectivity index (χ2v) is 7.99. The molecule has 0 aromatic heterocycles. The predicted molar refractivity (Wildman–Crippen MR) is 109 cm³/mol. The molecule has 6 heteroatoms. The molecule has 2 rings (SSSR count). The van der Waals surface area contributed by atoms with E-state index in [1.165, 1.54) is 0 Å². The van der Waals surface area contributed by atoms with Crippen LogP contribution in [0.15, 0.2) is 52.5 Å². The molecule has 0 radical (unpaired) electrons. The summed E-state index contributed by atoms with van der Waals surface area (Å²) in [7, 11) is 0. The van der Waals surface area contributed by atoms with Gasteiger partial charge in [-0.05, 0) is 80.6 Å². The van der Waals surface area contributed by atoms with Crippen LogP contribution in [0.1, 0.15) is 31.9 Å². The Kier molecular flexibility index (Phi) is 7.12. The van der Waals surface area contributed by atoms with Gasteiger partial charge >= 0.3 is 0 Å². The number of amides is 1. The minimum atomic E-state index is -0.237. The first-order valence-electron chi connectivity index (χ1n) is 8.20. The Morgan fingerprint density at radius 1 is 1.23 bits per heavy atom. The highest BCUT2D eigenvalue weighted by Crippen LogP contribution is 2.24. The van der Waals surface area contributed by atoms with E-state index in [-0.39, 0.29) is 17.9 Å². The molecule has 0 aliphatic carbocycles. The van der Waals surface area contributed by atoms with Crippen LogP contribution >= 0.6 is 23.4 Å². The van der Waals surface area contributed by atoms with Crippen LogP contribution in [0.5, 0.6) is 5.75 Å². The lowest BCUT2D eigenvalue weighted by atomic mass is 10.1. The summed E-state index contributed by atoms with van der Waals surface area (Å²) in [6.45, 7) is 6.00. The van der Waals surface area contributed by atoms with Crippen LogP contribution in [-0.4, -0.2) is 24.0 Å². The third-order valence-corrected chi connectivity index (χ3v) is 4.37. The topological polar surface area (TPSA) is 50.7 Å². The van der Waals surface area contributed by atoms with Gasteiger partial charge in [-0.1, -0.05) is 11.6 Å². The number of hydrogen-bond donors (Lipinski definition) is 1. The fourth-order valence-corrected chi connectivity index (χ4v) is 3.04. The zero-order valence-electron chi connectivity index (χ0n) is 15.4. The maximum absolute atomic E-state index is 12.1. The number of benzene rings is 2. The maximum Gasteiger partial charge on any atom is 0.244 e. The van der Waals surface area contributed by atoms with Crippen molar-refractivity contribution in [3.8, 4) is 5.75 Å². The summed E-state index contributed by atoms with van der Waals surface area (Å²) < 4.78 is 5.77. The van der Waals surface area contributed by atoms with Crippen molar-refractivity contribution in [2.75, 3.05) is 6.26 Å². The lowest BCUT2D eigenvalue weighted by Gasteiger charge is -2.21. The van der Waals surface area contributed by atoms with Gasteiger partial charge in [0.15, 0.2) is 0 Å². The highest BCUT2D eigenvalue weighted by Gasteiger charge is 2.11. The number of rotatable bonds is 6. The van der Waals surface area contributed by atoms with Crippen molar-refractivity contribution < 1.29 is 9.53 Å². The van der Waals surface area contributed by atoms with E-state index in [0.717, 1.165) is 21.8 Å². The van der Waals surface area contributed by atoms with Crippen molar-refractivity contribution in [1.82, 2.24) is 5.43 Å². The number of nitrogens with zero attached hydrogens (tertiary/aromatic N) is 1. The van der Waals surface area contributed by atoms with Gasteiger partial charge in [0.05, 0.1) is 12.6 Å². The summed E-state index contributed by atoms with van der Waals surface area (Å²) in [6.07, 6.45) is 3.80. The van der Waals surface area contributed by atoms with Gasteiger partial charge < -0.3 is 4.74 Å². The molecule has 2 aromatic rings. The molecule has 1 amide bonds. The average Bonchev–Trinajstić information content (AvgIpc) is 2.55. The Labute approximate surface area is 164 Å². The van der Waals surface area contributed by atoms with E-state index in [0.29, 0.717) is 5.02 Å². The van der Waals surface area contributed by atoms with Gasteiger partial charge in [0.2, 0.25) is 5.91 Å². The van der Waals surface area contributed by atoms with Gasteiger partial charge in [-0.3, -0.25) is 4.79 Å². The Morgan fingerprint density at radius 2 is 1.92 bits per heavy atom. The molecule has 1 N–H and O–H groups in total. The van der Waals surface area contributed by atoms with Gasteiger partial charge in [-0.15, -0.1) is 11.8 Å². The minimum Gasteiger partial charge on any atom is -0.488 e. The summed E-state index contributed by atoms with van der Waals surface area (Å²) in [4.78, 5) is 13.1. The lowest BCUT2D eigenvalue weighted by molar-refractivity contribution is -0.120. The molecule has 26 heavy (non-hydrogen) atoms. The second kappa shape index (κ2) is 9.10. The maximum atomic E-state index is 12.1. The quantitative estimate of drug-likeness (QED) is 0.432. The predicted octanol–water partition coefficient (Wildman–Crippen LogP) is 4.93. The van der Waals surface area contributed by atoms with Crippen LogP contribution in [0.4, 0.5) is 0 Å². The van der Waals surface area contributed by atoms with Crippen LogP contribution in [0.25, 0.3) is 0 Å². The molecule has 0 aliphatic rings. The van der Waals surface area contributed by atoms with Crippen molar-refractivity contribution in [3.63, 3.8) is 0 Å². The van der Waals surface area contributed by atoms with E-state index in [9.17, 15) is 4.79 Å². The number of halogens is 1. The Hall–Kier alpha value is -1.98. The van der Waals surface area contributed by atoms with Gasteiger partial charge in [0.1, 0.15) is 11.4 Å². The first-order chi connectivity index (χ1) is 12.3. The molecule has 0 unspecified atom stereocenters. The number of ether oxygens (including phenoxy) is 1. The molecular formula is C20H23ClN2O2S. The van der Waals surface area contributed by atoms with Crippen LogP contribution in [0.2, 0.25) is 5.02 Å². The molecule has 0 spiro atoms. The SMILES string of the molecule is CSc1ccc(Cl)cc1CC(=O)N/N=C\c1ccc(OC(C)(C)C)cc1. The Balaban J connectivity index is 1.92. The smallest absolute Gasteiger partial charge is 0.244 e. The number of thioether (sulfide) groups is 1. The molecule has 0 aliphatic heterocycles. The van der Waals surface area contributed by atoms with E-state index in [2.05, 4.69) is 10.5 Å². The molecule has 138 valence electrons. The van der Waals surface area contributed by atoms with E-state index in [1.807, 2.05) is 69.5 Å². The molecule has 0 fully saturated rings. The van der Waals surface area contributed by atoms with Crippen LogP contribution in [0.3, 0.4) is 0 Å². The lowest BCUT2D eigenvalue weighted by Crippen LogP contribution is -2.22. The zero-order chi connectivity index (χ0) is 19.2. The van der Waals surface area contributed by atoms with Crippen LogP contribution in [-0.2, 0) is 11.2 Å². The number of carbonyl (C=O) groups excluding carboxylic acids is 1. The molecular weight excluding hydrogens is 368 g/mol. The van der Waals surface area contributed by atoms with Crippen LogP contribution in [0, 0.1) is 0 Å². The number of hydrazone groups is 1. The first kappa shape index (κ1) is 20.3. The van der Waals surface area contributed by atoms with Crippen molar-refractivity contribution in [1.29, 1.82) is 0 Å². The average molecular weight is 391 g/mol. The van der Waals surface area contributed by atoms with Gasteiger partial charge in [0.25, 0.3) is 0 Å². The van der Waals surface area contributed by atoms with E-state index < -0.39 is 0 Å². The molecule has 0 atom stereocenters. The fraction of sp³-hybridized carbons (Fsp3) is 0.300. The first-order valence-corrected chi connectivity index (χ1v) is 9.80. The largest absolute Gasteiger partial charge is 0.488 e. The summed E-state index contributed by atoms with van der Waals surface area (Å²) in [5, 5.41) is 4.63. The normalized spacial score (nSPS) is 11.6. The summed E-state index contributed by atoms with van der Waals surface area (Å²) in [5.41, 5.74) is 4.08. The summed E-state index contributed by atoms with van der Waals surface area (Å²) in [6, 6.07) is 13.1. The number of carbonyl (C=O) groups is 1. The third-order valence-electron chi connectivity index (χ3n) is 3.30. The Morgan fingerprint density at radius 3 is 2.54 bits per heavy atom. The molecule has 2 aromatic carbocycles. The van der Waals surface area contributed by atoms with Crippen molar-refractivity contribution in [2.45, 2.75) is 37.7 Å². The third kappa shape index (κ3) is 6.73. The van der Waals surface area contributed by atoms with Crippen molar-refractivity contribution >= 4 is 35.5 Å². The monoisotopic (exact) mass is 390 g/mol. The number of hydrogen-bond acceptors (Lipinski definition) is 4. The van der Waals surface area contributed by atoms with Gasteiger partial charge in [-0.25, -0.2) is 5.43 Å². The molecule has 4 nitrogen and oxygen atoms in total. The molecule has 0 saturated heterocycles. The summed E-state index contributed by atoms with van der Waals surface area (Å²) >= 11 is 7.60. The van der Waals surface area contributed by atoms with Crippen molar-refractivity contribution in [3.05, 3.63) is 58.6 Å². The van der Waals surface area contributed by atoms with E-state index in [4.69, 9.17) is 16.3 Å². The van der Waals surface area contributed by atoms with Crippen molar-refractivity contribution in [2.24, 2.45) is 5.10 Å². The summed E-state index contributed by atoms with van der Waals surface area (Å²) in [5.74, 6) is 0.607. The van der Waals surface area contributed by atoms with Gasteiger partial charge in [0, 0.05) is 9.92 Å². The van der Waals surface area contributed by atoms with E-state index in [1.54, 1.807) is 18.0 Å². The number of nitrogens with one attached hydrogen (secondary N) is 1. The highest BCUT2D eigenvalue weighted by molar-refractivity contribution is 7.98. The Bertz CT molecular complexity index is 783. The zero-order valence-corrected chi connectivity index (χ0v) is 16.9. The molecule has 0 bridgehead atoms. The minimum absolute atomic E-state index is 0.188. The molecule has 0 saturated carbocycles. The fourth-order valence-electron chi connectivity index (χ4n) is 2.25.